The van der Waals surface area contributed by atoms with Crippen LogP contribution in [0.3, 0.4) is 0 Å². The Kier molecular flexibility index (Phi) is 3.72. The van der Waals surface area contributed by atoms with Crippen LogP contribution in [0.15, 0.2) is 23.9 Å². The Labute approximate surface area is 95.2 Å². The van der Waals surface area contributed by atoms with Crippen LogP contribution in [0.5, 0.6) is 0 Å². The van der Waals surface area contributed by atoms with Crippen LogP contribution in [0.4, 0.5) is 4.79 Å². The van der Waals surface area contributed by atoms with Crippen LogP contribution in [0, 0.1) is 0 Å². The van der Waals surface area contributed by atoms with E-state index >= 15 is 0 Å². The minimum absolute atomic E-state index is 0.136. The Morgan fingerprint density at radius 2 is 2.25 bits per heavy atom. The van der Waals surface area contributed by atoms with E-state index in [2.05, 4.69) is 0 Å². The maximum Gasteiger partial charge on any atom is 0.415 e. The number of rotatable bonds is 1. The van der Waals surface area contributed by atoms with Crippen LogP contribution in [-0.4, -0.2) is 34.5 Å². The molecule has 16 heavy (non-hydrogen) atoms. The Morgan fingerprint density at radius 3 is 2.75 bits per heavy atom. The zero-order valence-electron chi connectivity index (χ0n) is 9.80. The quantitative estimate of drug-likeness (QED) is 0.698. The van der Waals surface area contributed by atoms with Crippen LogP contribution < -0.4 is 5.73 Å². The predicted molar refractivity (Wildman–Crippen MR) is 60.4 cm³/mol. The van der Waals surface area contributed by atoms with Gasteiger partial charge in [-0.05, 0) is 32.4 Å². The number of hydrogen-bond acceptors (Lipinski definition) is 4. The van der Waals surface area contributed by atoms with Gasteiger partial charge >= 0.3 is 6.09 Å². The first-order valence-corrected chi connectivity index (χ1v) is 5.10. The zero-order chi connectivity index (χ0) is 12.3. The van der Waals surface area contributed by atoms with E-state index in [1.807, 2.05) is 0 Å². The third kappa shape index (κ3) is 3.36. The van der Waals surface area contributed by atoms with Gasteiger partial charge in [-0.2, -0.15) is 0 Å². The van der Waals surface area contributed by atoms with Gasteiger partial charge in [0.1, 0.15) is 11.8 Å². The topological polar surface area (TPSA) is 75.8 Å². The van der Waals surface area contributed by atoms with Gasteiger partial charge in [-0.1, -0.05) is 6.08 Å². The second-order valence-electron chi connectivity index (χ2n) is 4.60. The van der Waals surface area contributed by atoms with Gasteiger partial charge < -0.3 is 15.6 Å². The first-order valence-electron chi connectivity index (χ1n) is 5.10. The molecule has 0 saturated heterocycles. The average Bonchev–Trinajstić information content (AvgIpc) is 2.15. The van der Waals surface area contributed by atoms with Crippen molar-refractivity contribution < 1.29 is 14.6 Å². The van der Waals surface area contributed by atoms with Crippen molar-refractivity contribution in [2.45, 2.75) is 32.5 Å². The molecule has 1 atom stereocenters. The molecule has 0 aromatic rings. The minimum atomic E-state index is -0.564. The highest BCUT2D eigenvalue weighted by Crippen LogP contribution is 2.15. The lowest BCUT2D eigenvalue weighted by molar-refractivity contribution is 0.0296. The smallest absolute Gasteiger partial charge is 0.415 e. The van der Waals surface area contributed by atoms with Gasteiger partial charge in [0.25, 0.3) is 0 Å². The second-order valence-corrected chi connectivity index (χ2v) is 4.60. The van der Waals surface area contributed by atoms with Crippen molar-refractivity contribution in [3.8, 4) is 0 Å². The van der Waals surface area contributed by atoms with Gasteiger partial charge in [0.15, 0.2) is 0 Å². The molecule has 0 spiro atoms. The van der Waals surface area contributed by atoms with Crippen molar-refractivity contribution in [3.63, 3.8) is 0 Å². The molecule has 1 aliphatic heterocycles. The third-order valence-electron chi connectivity index (χ3n) is 1.92. The van der Waals surface area contributed by atoms with E-state index in [0.29, 0.717) is 5.57 Å². The second kappa shape index (κ2) is 4.67. The average molecular weight is 226 g/mol. The van der Waals surface area contributed by atoms with Crippen molar-refractivity contribution >= 4 is 6.09 Å². The molecule has 5 nitrogen and oxygen atoms in total. The fourth-order valence-electron chi connectivity index (χ4n) is 1.21. The van der Waals surface area contributed by atoms with Crippen LogP contribution in [0.25, 0.3) is 0 Å². The number of carbonyl (C=O) groups is 1. The highest BCUT2D eigenvalue weighted by Gasteiger charge is 2.25. The Hall–Kier alpha value is -1.33. The number of aliphatic hydroxyl groups is 1. The molecule has 3 N–H and O–H groups in total. The fourth-order valence-corrected chi connectivity index (χ4v) is 1.21. The maximum atomic E-state index is 11.7. The number of nitrogens with two attached hydrogens (primary N) is 1. The number of nitrogens with zero attached hydrogens (tertiary/aromatic N) is 1. The van der Waals surface area contributed by atoms with Gasteiger partial charge in [-0.15, -0.1) is 0 Å². The first-order chi connectivity index (χ1) is 7.33. The maximum absolute atomic E-state index is 11.7. The molecule has 1 unspecified atom stereocenters. The molecule has 0 bridgehead atoms. The standard InChI is InChI=1S/C11H18N2O3/c1-11(2,3)16-10(15)13-6-8(7-14)4-5-9(13)12/h4-6,9,14H,7,12H2,1-3H3. The molecule has 0 aromatic carbocycles. The summed E-state index contributed by atoms with van der Waals surface area (Å²) in [6.07, 6.45) is 3.75. The first kappa shape index (κ1) is 12.7. The summed E-state index contributed by atoms with van der Waals surface area (Å²) in [7, 11) is 0. The summed E-state index contributed by atoms with van der Waals surface area (Å²) in [5, 5.41) is 8.97. The van der Waals surface area contributed by atoms with E-state index in [4.69, 9.17) is 15.6 Å². The van der Waals surface area contributed by atoms with Gasteiger partial charge in [-0.3, -0.25) is 4.90 Å². The predicted octanol–water partition coefficient (Wildman–Crippen LogP) is 0.954. The molecule has 0 saturated carbocycles. The summed E-state index contributed by atoms with van der Waals surface area (Å²) < 4.78 is 5.19. The molecule has 0 radical (unpaired) electrons. The number of amides is 1. The highest BCUT2D eigenvalue weighted by atomic mass is 16.6. The molecule has 1 heterocycles. The lowest BCUT2D eigenvalue weighted by Gasteiger charge is -2.29. The number of ether oxygens (including phenoxy) is 1. The summed E-state index contributed by atoms with van der Waals surface area (Å²) in [5.41, 5.74) is 5.78. The summed E-state index contributed by atoms with van der Waals surface area (Å²) in [6.45, 7) is 5.22. The van der Waals surface area contributed by atoms with Crippen molar-refractivity contribution in [3.05, 3.63) is 23.9 Å². The molecule has 0 fully saturated rings. The molecule has 5 heteroatoms. The Bertz CT molecular complexity index is 329. The van der Waals surface area contributed by atoms with Gasteiger partial charge in [0, 0.05) is 6.20 Å². The highest BCUT2D eigenvalue weighted by molar-refractivity contribution is 5.70. The van der Waals surface area contributed by atoms with E-state index in [-0.39, 0.29) is 6.61 Å². The lowest BCUT2D eigenvalue weighted by atomic mass is 10.2. The summed E-state index contributed by atoms with van der Waals surface area (Å²) in [6, 6.07) is 0. The van der Waals surface area contributed by atoms with E-state index in [1.54, 1.807) is 32.9 Å². The SMILES string of the molecule is CC(C)(C)OC(=O)N1C=C(CO)C=CC1N. The summed E-state index contributed by atoms with van der Waals surface area (Å²) >= 11 is 0. The Balaban J connectivity index is 2.76. The van der Waals surface area contributed by atoms with Gasteiger partial charge in [0.2, 0.25) is 0 Å². The van der Waals surface area contributed by atoms with Crippen molar-refractivity contribution in [2.24, 2.45) is 5.73 Å². The third-order valence-corrected chi connectivity index (χ3v) is 1.92. The van der Waals surface area contributed by atoms with Crippen LogP contribution in [0.1, 0.15) is 20.8 Å². The number of aliphatic hydroxyl groups excluding tert-OH is 1. The molecule has 0 aliphatic carbocycles. The zero-order valence-corrected chi connectivity index (χ0v) is 9.80. The van der Waals surface area contributed by atoms with Gasteiger partial charge in [-0.25, -0.2) is 4.79 Å². The van der Waals surface area contributed by atoms with Gasteiger partial charge in [0.05, 0.1) is 6.61 Å². The molecule has 90 valence electrons. The van der Waals surface area contributed by atoms with Crippen LogP contribution in [-0.2, 0) is 4.74 Å². The van der Waals surface area contributed by atoms with Crippen LogP contribution >= 0.6 is 0 Å². The van der Waals surface area contributed by atoms with Crippen molar-refractivity contribution in [2.75, 3.05) is 6.61 Å². The van der Waals surface area contributed by atoms with E-state index < -0.39 is 17.9 Å². The fraction of sp³-hybridized carbons (Fsp3) is 0.545. The minimum Gasteiger partial charge on any atom is -0.443 e. The molecule has 0 aromatic heterocycles. The van der Waals surface area contributed by atoms with Crippen molar-refractivity contribution in [1.82, 2.24) is 4.90 Å². The molecular formula is C11H18N2O3. The summed E-state index contributed by atoms with van der Waals surface area (Å²) in [5.74, 6) is 0. The van der Waals surface area contributed by atoms with Crippen molar-refractivity contribution in [1.29, 1.82) is 0 Å². The number of hydrogen-bond donors (Lipinski definition) is 2. The normalized spacial score (nSPS) is 20.7. The molecule has 1 amide bonds. The number of carbonyl (C=O) groups excluding carboxylic acids is 1. The van der Waals surface area contributed by atoms with E-state index in [0.717, 1.165) is 0 Å². The molecule has 1 aliphatic rings. The summed E-state index contributed by atoms with van der Waals surface area (Å²) in [4.78, 5) is 13.0. The van der Waals surface area contributed by atoms with Crippen LogP contribution in [0.2, 0.25) is 0 Å². The largest absolute Gasteiger partial charge is 0.443 e. The lowest BCUT2D eigenvalue weighted by Crippen LogP contribution is -2.45. The molecule has 1 rings (SSSR count). The van der Waals surface area contributed by atoms with E-state index in [9.17, 15) is 4.79 Å². The monoisotopic (exact) mass is 226 g/mol. The van der Waals surface area contributed by atoms with E-state index in [1.165, 1.54) is 11.1 Å². The molecular weight excluding hydrogens is 208 g/mol. The Morgan fingerprint density at radius 1 is 1.62 bits per heavy atom.